The summed E-state index contributed by atoms with van der Waals surface area (Å²) in [4.78, 5) is 13.0. The predicted octanol–water partition coefficient (Wildman–Crippen LogP) is 2.81. The van der Waals surface area contributed by atoms with Crippen LogP contribution in [0, 0.1) is 5.82 Å². The summed E-state index contributed by atoms with van der Waals surface area (Å²) < 4.78 is 41.2. The molecule has 2 aliphatic rings. The van der Waals surface area contributed by atoms with Gasteiger partial charge in [-0.15, -0.1) is 0 Å². The van der Waals surface area contributed by atoms with Crippen LogP contribution in [0.3, 0.4) is 0 Å². The molecule has 1 saturated heterocycles. The summed E-state index contributed by atoms with van der Waals surface area (Å²) in [6.45, 7) is -0.308. The van der Waals surface area contributed by atoms with Gasteiger partial charge in [-0.2, -0.15) is 4.31 Å². The molecule has 32 heavy (non-hydrogen) atoms. The molecule has 0 spiro atoms. The van der Waals surface area contributed by atoms with Crippen molar-refractivity contribution in [1.29, 1.82) is 0 Å². The van der Waals surface area contributed by atoms with Crippen LogP contribution in [0.1, 0.15) is 34.3 Å². The molecule has 170 valence electrons. The van der Waals surface area contributed by atoms with Crippen molar-refractivity contribution in [1.82, 2.24) is 4.31 Å². The Balaban J connectivity index is 1.65. The first-order chi connectivity index (χ1) is 15.1. The van der Waals surface area contributed by atoms with E-state index in [-0.39, 0.29) is 47.1 Å². The maximum Gasteiger partial charge on any atom is 0.256 e. The average molecular weight is 481 g/mol. The highest BCUT2D eigenvalue weighted by Crippen LogP contribution is 2.32. The molecule has 2 aromatic carbocycles. The zero-order chi connectivity index (χ0) is 23.1. The molecule has 2 aromatic rings. The van der Waals surface area contributed by atoms with E-state index < -0.39 is 34.0 Å². The largest absolute Gasteiger partial charge is 0.393 e. The first-order valence-electron chi connectivity index (χ1n) is 10.1. The van der Waals surface area contributed by atoms with E-state index in [0.717, 1.165) is 6.07 Å². The Kier molecular flexibility index (Phi) is 6.12. The lowest BCUT2D eigenvalue weighted by atomic mass is 9.94. The highest BCUT2D eigenvalue weighted by Gasteiger charge is 2.37. The smallest absolute Gasteiger partial charge is 0.256 e. The number of nitrogens with zero attached hydrogens (tertiary/aromatic N) is 1. The number of benzene rings is 2. The van der Waals surface area contributed by atoms with Crippen LogP contribution >= 0.6 is 11.6 Å². The van der Waals surface area contributed by atoms with Gasteiger partial charge in [0, 0.05) is 24.3 Å². The van der Waals surface area contributed by atoms with E-state index >= 15 is 0 Å². The number of nitrogens with one attached hydrogen (secondary N) is 1. The van der Waals surface area contributed by atoms with Crippen molar-refractivity contribution >= 4 is 39.3 Å². The number of piperidine rings is 1. The molecule has 0 bridgehead atoms. The monoisotopic (exact) mass is 480 g/mol. The lowest BCUT2D eigenvalue weighted by Gasteiger charge is -2.36. The summed E-state index contributed by atoms with van der Waals surface area (Å²) in [5.74, 6) is -1.16. The number of aliphatic hydroxyl groups excluding tert-OH is 1. The van der Waals surface area contributed by atoms with E-state index in [9.17, 15) is 27.8 Å². The van der Waals surface area contributed by atoms with E-state index in [1.165, 1.54) is 22.5 Å². The number of sulfonamides is 1. The molecular formula is C22H22ClFN2O5S. The molecule has 10 heteroatoms. The normalized spacial score (nSPS) is 17.9. The lowest BCUT2D eigenvalue weighted by Crippen LogP contribution is -2.48. The zero-order valence-electron chi connectivity index (χ0n) is 17.0. The van der Waals surface area contributed by atoms with E-state index in [1.54, 1.807) is 12.1 Å². The van der Waals surface area contributed by atoms with Gasteiger partial charge in [0.1, 0.15) is 5.82 Å². The summed E-state index contributed by atoms with van der Waals surface area (Å²) in [6.07, 6.45) is 4.34. The van der Waals surface area contributed by atoms with Crippen LogP contribution in [0.25, 0.3) is 6.08 Å². The van der Waals surface area contributed by atoms with E-state index in [0.29, 0.717) is 17.5 Å². The summed E-state index contributed by atoms with van der Waals surface area (Å²) >= 11 is 5.78. The summed E-state index contributed by atoms with van der Waals surface area (Å²) in [6, 6.07) is 6.67. The minimum Gasteiger partial charge on any atom is -0.393 e. The molecule has 1 amide bonds. The van der Waals surface area contributed by atoms with E-state index in [2.05, 4.69) is 5.32 Å². The number of anilines is 1. The molecule has 1 fully saturated rings. The van der Waals surface area contributed by atoms with Crippen LogP contribution in [-0.4, -0.2) is 54.1 Å². The zero-order valence-corrected chi connectivity index (χ0v) is 18.6. The third kappa shape index (κ3) is 4.31. The van der Waals surface area contributed by atoms with Gasteiger partial charge in [-0.1, -0.05) is 23.8 Å². The predicted molar refractivity (Wildman–Crippen MR) is 119 cm³/mol. The molecule has 1 aliphatic carbocycles. The van der Waals surface area contributed by atoms with Gasteiger partial charge in [0.05, 0.1) is 22.1 Å². The Morgan fingerprint density at radius 1 is 1.22 bits per heavy atom. The molecule has 0 radical (unpaired) electrons. The molecule has 1 heterocycles. The van der Waals surface area contributed by atoms with Crippen molar-refractivity contribution in [2.45, 2.75) is 29.8 Å². The van der Waals surface area contributed by atoms with Crippen molar-refractivity contribution in [3.8, 4) is 0 Å². The number of rotatable bonds is 5. The standard InChI is InChI=1S/C22H22ClFN2O5S/c23-19-11-15(4-5-20(19)24)25-21(28)18-12-16(10-14-2-1-3-17(14)18)32(30,31)26-8-6-22(29,13-27)7-9-26/h1,3-5,10-12,27,29H,2,6-9,13H2,(H,25,28). The topological polar surface area (TPSA) is 107 Å². The Morgan fingerprint density at radius 2 is 1.94 bits per heavy atom. The van der Waals surface area contributed by atoms with Crippen LogP contribution < -0.4 is 5.32 Å². The van der Waals surface area contributed by atoms with Gasteiger partial charge >= 0.3 is 0 Å². The fourth-order valence-corrected chi connectivity index (χ4v) is 5.61. The Bertz CT molecular complexity index is 1210. The maximum atomic E-state index is 13.4. The number of carbonyl (C=O) groups is 1. The summed E-state index contributed by atoms with van der Waals surface area (Å²) in [7, 11) is -3.92. The summed E-state index contributed by atoms with van der Waals surface area (Å²) in [5, 5.41) is 22.0. The minimum atomic E-state index is -3.92. The molecule has 4 rings (SSSR count). The number of fused-ring (bicyclic) bond motifs is 1. The molecule has 0 aromatic heterocycles. The van der Waals surface area contributed by atoms with Crippen LogP contribution in [0.15, 0.2) is 41.3 Å². The number of carbonyl (C=O) groups excluding carboxylic acids is 1. The lowest BCUT2D eigenvalue weighted by molar-refractivity contribution is -0.0480. The molecule has 3 N–H and O–H groups in total. The third-order valence-electron chi connectivity index (χ3n) is 5.87. The van der Waals surface area contributed by atoms with E-state index in [1.807, 2.05) is 6.08 Å². The van der Waals surface area contributed by atoms with Crippen LogP contribution in [0.5, 0.6) is 0 Å². The number of hydrogen-bond donors (Lipinski definition) is 3. The number of amides is 1. The Labute approximate surface area is 190 Å². The molecule has 1 aliphatic heterocycles. The molecule has 0 unspecified atom stereocenters. The molecule has 0 atom stereocenters. The van der Waals surface area contributed by atoms with Gasteiger partial charge in [0.15, 0.2) is 0 Å². The van der Waals surface area contributed by atoms with Crippen molar-refractivity contribution in [3.63, 3.8) is 0 Å². The second-order valence-electron chi connectivity index (χ2n) is 8.02. The second-order valence-corrected chi connectivity index (χ2v) is 10.4. The summed E-state index contributed by atoms with van der Waals surface area (Å²) in [5.41, 5.74) is 0.513. The van der Waals surface area contributed by atoms with Crippen LogP contribution in [0.4, 0.5) is 10.1 Å². The first-order valence-corrected chi connectivity index (χ1v) is 11.9. The SMILES string of the molecule is O=C(Nc1ccc(F)c(Cl)c1)c1cc(S(=O)(=O)N2CCC(O)(CO)CC2)cc2c1C=CC2. The van der Waals surface area contributed by atoms with Crippen LogP contribution in [-0.2, 0) is 16.4 Å². The maximum absolute atomic E-state index is 13.4. The Hall–Kier alpha value is -2.30. The van der Waals surface area contributed by atoms with Crippen molar-refractivity contribution < 1.29 is 27.8 Å². The van der Waals surface area contributed by atoms with Gasteiger partial charge in [-0.25, -0.2) is 12.8 Å². The Morgan fingerprint density at radius 3 is 2.59 bits per heavy atom. The number of aliphatic hydroxyl groups is 2. The van der Waals surface area contributed by atoms with Crippen LogP contribution in [0.2, 0.25) is 5.02 Å². The van der Waals surface area contributed by atoms with Gasteiger partial charge in [-0.3, -0.25) is 4.79 Å². The average Bonchev–Trinajstić information content (AvgIpc) is 3.24. The van der Waals surface area contributed by atoms with Gasteiger partial charge in [-0.05, 0) is 60.7 Å². The van der Waals surface area contributed by atoms with E-state index in [4.69, 9.17) is 11.6 Å². The molecule has 0 saturated carbocycles. The van der Waals surface area contributed by atoms with Crippen molar-refractivity contribution in [2.24, 2.45) is 0 Å². The fraction of sp³-hybridized carbons (Fsp3) is 0.318. The first kappa shape index (κ1) is 22.9. The highest BCUT2D eigenvalue weighted by molar-refractivity contribution is 7.89. The number of halogens is 2. The minimum absolute atomic E-state index is 0.0170. The van der Waals surface area contributed by atoms with Crippen molar-refractivity contribution in [2.75, 3.05) is 25.0 Å². The van der Waals surface area contributed by atoms with Gasteiger partial charge in [0.25, 0.3) is 5.91 Å². The molecular weight excluding hydrogens is 459 g/mol. The molecule has 7 nitrogen and oxygen atoms in total. The second kappa shape index (κ2) is 8.57. The van der Waals surface area contributed by atoms with Gasteiger partial charge in [0.2, 0.25) is 10.0 Å². The van der Waals surface area contributed by atoms with Crippen molar-refractivity contribution in [3.05, 3.63) is 63.9 Å². The van der Waals surface area contributed by atoms with Gasteiger partial charge < -0.3 is 15.5 Å². The number of allylic oxidation sites excluding steroid dienone is 1. The quantitative estimate of drug-likeness (QED) is 0.610. The highest BCUT2D eigenvalue weighted by atomic mass is 35.5. The third-order valence-corrected chi connectivity index (χ3v) is 8.03. The number of hydrogen-bond acceptors (Lipinski definition) is 5. The fourth-order valence-electron chi connectivity index (χ4n) is 3.91.